The highest BCUT2D eigenvalue weighted by Crippen LogP contribution is 2.36. The Morgan fingerprint density at radius 1 is 1.06 bits per heavy atom. The third kappa shape index (κ3) is 9.94. The topological polar surface area (TPSA) is 168 Å². The van der Waals surface area contributed by atoms with Crippen molar-refractivity contribution in [3.63, 3.8) is 0 Å². The summed E-state index contributed by atoms with van der Waals surface area (Å²) in [6, 6.07) is 0. The van der Waals surface area contributed by atoms with Gasteiger partial charge in [-0.1, -0.05) is 25.6 Å². The van der Waals surface area contributed by atoms with Crippen LogP contribution < -0.4 is 10.6 Å². The van der Waals surface area contributed by atoms with Gasteiger partial charge in [0.2, 0.25) is 16.9 Å². The van der Waals surface area contributed by atoms with Crippen LogP contribution >= 0.6 is 11.8 Å². The molecule has 1 rings (SSSR count). The maximum atomic E-state index is 12.6. The molecule has 1 aliphatic heterocycles. The molecule has 12 heteroatoms. The Labute approximate surface area is 183 Å². The molecule has 0 aromatic carbocycles. The molecule has 1 fully saturated rings. The number of ether oxygens (including phenoxy) is 2. The van der Waals surface area contributed by atoms with Crippen molar-refractivity contribution in [3.05, 3.63) is 12.2 Å². The van der Waals surface area contributed by atoms with Crippen molar-refractivity contribution in [2.24, 2.45) is 5.41 Å². The van der Waals surface area contributed by atoms with Gasteiger partial charge in [0.25, 0.3) is 0 Å². The van der Waals surface area contributed by atoms with Gasteiger partial charge < -0.3 is 30.3 Å². The third-order valence-corrected chi connectivity index (χ3v) is 5.05. The molecule has 2 amide bonds. The van der Waals surface area contributed by atoms with E-state index < -0.39 is 46.7 Å². The summed E-state index contributed by atoms with van der Waals surface area (Å²) in [6.07, 6.45) is 0.312. The van der Waals surface area contributed by atoms with Crippen LogP contribution in [0, 0.1) is 5.41 Å². The number of carbonyl (C=O) groups is 5. The van der Waals surface area contributed by atoms with Crippen molar-refractivity contribution in [2.75, 3.05) is 25.4 Å². The number of amides is 2. The van der Waals surface area contributed by atoms with Crippen molar-refractivity contribution in [2.45, 2.75) is 45.5 Å². The lowest BCUT2D eigenvalue weighted by Gasteiger charge is -2.45. The molecule has 2 atom stereocenters. The maximum absolute atomic E-state index is 12.6. The smallest absolute Gasteiger partial charge is 0.328 e. The molecule has 4 N–H and O–H groups in total. The van der Waals surface area contributed by atoms with Crippen LogP contribution in [0.3, 0.4) is 0 Å². The van der Waals surface area contributed by atoms with Gasteiger partial charge in [-0.3, -0.25) is 19.2 Å². The molecular formula is C19H28N2O9S. The Kier molecular flexibility index (Phi) is 10.1. The zero-order valence-corrected chi connectivity index (χ0v) is 18.5. The Balaban J connectivity index is 2.37. The van der Waals surface area contributed by atoms with Crippen LogP contribution in [0.1, 0.15) is 33.6 Å². The molecule has 174 valence electrons. The number of carboxylic acids is 2. The van der Waals surface area contributed by atoms with Crippen molar-refractivity contribution >= 4 is 40.6 Å². The average molecular weight is 461 g/mol. The van der Waals surface area contributed by atoms with Crippen LogP contribution in [-0.2, 0) is 33.4 Å². The van der Waals surface area contributed by atoms with Gasteiger partial charge in [0.05, 0.1) is 13.0 Å². The summed E-state index contributed by atoms with van der Waals surface area (Å²) in [5.74, 6) is -4.29. The van der Waals surface area contributed by atoms with Gasteiger partial charge in [-0.2, -0.15) is 0 Å². The molecule has 11 nitrogen and oxygen atoms in total. The fourth-order valence-corrected chi connectivity index (χ4v) is 3.21. The van der Waals surface area contributed by atoms with E-state index in [2.05, 4.69) is 10.6 Å². The van der Waals surface area contributed by atoms with E-state index in [0.29, 0.717) is 0 Å². The molecule has 1 aliphatic rings. The van der Waals surface area contributed by atoms with Gasteiger partial charge in [0, 0.05) is 36.8 Å². The fraction of sp³-hybridized carbons (Fsp3) is 0.632. The lowest BCUT2D eigenvalue weighted by molar-refractivity contribution is -0.313. The Morgan fingerprint density at radius 2 is 1.74 bits per heavy atom. The minimum atomic E-state index is -1.42. The highest BCUT2D eigenvalue weighted by Gasteiger charge is 2.48. The predicted molar refractivity (Wildman–Crippen MR) is 110 cm³/mol. The minimum Gasteiger partial charge on any atom is -0.481 e. The summed E-state index contributed by atoms with van der Waals surface area (Å²) < 4.78 is 11.2. The molecule has 0 aromatic rings. The van der Waals surface area contributed by atoms with Crippen LogP contribution in [0.2, 0.25) is 0 Å². The van der Waals surface area contributed by atoms with E-state index in [1.54, 1.807) is 13.8 Å². The van der Waals surface area contributed by atoms with Crippen LogP contribution in [-0.4, -0.2) is 76.4 Å². The summed E-state index contributed by atoms with van der Waals surface area (Å²) in [4.78, 5) is 57.1. The molecule has 0 spiro atoms. The molecule has 1 unspecified atom stereocenters. The van der Waals surface area contributed by atoms with Crippen LogP contribution in [0.25, 0.3) is 0 Å². The first-order valence-electron chi connectivity index (χ1n) is 9.50. The zero-order chi connectivity index (χ0) is 23.7. The quantitative estimate of drug-likeness (QED) is 0.246. The van der Waals surface area contributed by atoms with Crippen LogP contribution in [0.15, 0.2) is 12.2 Å². The molecule has 0 aromatic heterocycles. The molecular weight excluding hydrogens is 432 g/mol. The SMILES string of the molecule is CC1(CC(=O)O)OCC(C)(C)[C@H](C(=O)NCCC(=O)NCCSC(=O)/C=C/C(=O)O)O1. The predicted octanol–water partition coefficient (Wildman–Crippen LogP) is 0.142. The van der Waals surface area contributed by atoms with E-state index in [4.69, 9.17) is 19.7 Å². The Morgan fingerprint density at radius 3 is 2.35 bits per heavy atom. The highest BCUT2D eigenvalue weighted by atomic mass is 32.2. The largest absolute Gasteiger partial charge is 0.481 e. The number of hydrogen-bond donors (Lipinski definition) is 4. The minimum absolute atomic E-state index is 0.000682. The molecule has 31 heavy (non-hydrogen) atoms. The summed E-state index contributed by atoms with van der Waals surface area (Å²) in [7, 11) is 0. The number of nitrogens with one attached hydrogen (secondary N) is 2. The molecule has 0 bridgehead atoms. The van der Waals surface area contributed by atoms with Crippen LogP contribution in [0.4, 0.5) is 0 Å². The third-order valence-electron chi connectivity index (χ3n) is 4.22. The molecule has 0 aliphatic carbocycles. The van der Waals surface area contributed by atoms with E-state index in [0.717, 1.165) is 23.9 Å². The highest BCUT2D eigenvalue weighted by molar-refractivity contribution is 8.14. The van der Waals surface area contributed by atoms with E-state index in [9.17, 15) is 24.0 Å². The van der Waals surface area contributed by atoms with Gasteiger partial charge in [0.15, 0.2) is 5.79 Å². The summed E-state index contributed by atoms with van der Waals surface area (Å²) in [6.45, 7) is 5.36. The van der Waals surface area contributed by atoms with E-state index >= 15 is 0 Å². The number of thioether (sulfide) groups is 1. The van der Waals surface area contributed by atoms with Gasteiger partial charge in [-0.15, -0.1) is 0 Å². The van der Waals surface area contributed by atoms with Crippen molar-refractivity contribution in [1.29, 1.82) is 0 Å². The normalized spacial score (nSPS) is 22.6. The average Bonchev–Trinajstić information content (AvgIpc) is 2.65. The first kappa shape index (κ1) is 26.6. The second-order valence-corrected chi connectivity index (χ2v) is 8.81. The van der Waals surface area contributed by atoms with Crippen molar-refractivity contribution < 1.29 is 43.7 Å². The number of carboxylic acid groups (broad SMARTS) is 2. The fourth-order valence-electron chi connectivity index (χ4n) is 2.64. The second-order valence-electron chi connectivity index (χ2n) is 7.71. The lowest BCUT2D eigenvalue weighted by atomic mass is 9.85. The van der Waals surface area contributed by atoms with Crippen molar-refractivity contribution in [1.82, 2.24) is 10.6 Å². The molecule has 1 saturated heterocycles. The van der Waals surface area contributed by atoms with E-state index in [1.807, 2.05) is 0 Å². The monoisotopic (exact) mass is 460 g/mol. The maximum Gasteiger partial charge on any atom is 0.328 e. The number of aliphatic carboxylic acids is 2. The van der Waals surface area contributed by atoms with Gasteiger partial charge in [0.1, 0.15) is 6.10 Å². The van der Waals surface area contributed by atoms with Crippen molar-refractivity contribution in [3.8, 4) is 0 Å². The molecule has 1 heterocycles. The van der Waals surface area contributed by atoms with Crippen LogP contribution in [0.5, 0.6) is 0 Å². The van der Waals surface area contributed by atoms with E-state index in [-0.39, 0.29) is 37.8 Å². The Hall–Kier alpha value is -2.44. The summed E-state index contributed by atoms with van der Waals surface area (Å²) >= 11 is 0.868. The zero-order valence-electron chi connectivity index (χ0n) is 17.6. The van der Waals surface area contributed by atoms with Gasteiger partial charge in [-0.05, 0) is 13.0 Å². The van der Waals surface area contributed by atoms with Gasteiger partial charge in [-0.25, -0.2) is 4.79 Å². The number of carbonyl (C=O) groups excluding carboxylic acids is 3. The first-order chi connectivity index (χ1) is 14.3. The van der Waals surface area contributed by atoms with E-state index in [1.165, 1.54) is 6.92 Å². The Bertz CT molecular complexity index is 738. The summed E-state index contributed by atoms with van der Waals surface area (Å²) in [5.41, 5.74) is -0.691. The lowest BCUT2D eigenvalue weighted by Crippen LogP contribution is -2.58. The van der Waals surface area contributed by atoms with Gasteiger partial charge >= 0.3 is 11.9 Å². The first-order valence-corrected chi connectivity index (χ1v) is 10.5. The summed E-state index contributed by atoms with van der Waals surface area (Å²) in [5, 5.41) is 22.2. The molecule has 0 radical (unpaired) electrons. The molecule has 0 saturated carbocycles. The second kappa shape index (κ2) is 11.8. The number of rotatable bonds is 11. The standard InChI is InChI=1S/C19H28N2O9S/c1-18(2)11-29-19(3,10-14(25)26)30-16(18)17(28)21-7-6-12(22)20-8-9-31-15(27)5-4-13(23)24/h4-5,16H,6-11H2,1-3H3,(H,20,22)(H,21,28)(H,23,24)(H,25,26)/b5-4+/t16-,19?/m0/s1. The number of hydrogen-bond acceptors (Lipinski definition) is 8.